The number of rotatable bonds is 6. The van der Waals surface area contributed by atoms with E-state index in [2.05, 4.69) is 23.6 Å². The van der Waals surface area contributed by atoms with Crippen molar-refractivity contribution in [3.63, 3.8) is 0 Å². The molecule has 0 aliphatic carbocycles. The van der Waals surface area contributed by atoms with E-state index in [0.717, 1.165) is 60.7 Å². The number of aromatic nitrogens is 4. The molecule has 0 bridgehead atoms. The van der Waals surface area contributed by atoms with Crippen LogP contribution in [0.5, 0.6) is 0 Å². The van der Waals surface area contributed by atoms with Crippen molar-refractivity contribution in [2.45, 2.75) is 64.6 Å². The first-order chi connectivity index (χ1) is 16.9. The molecule has 2 aromatic heterocycles. The van der Waals surface area contributed by atoms with Gasteiger partial charge in [-0.3, -0.25) is 4.90 Å². The molecule has 2 aliphatic rings. The van der Waals surface area contributed by atoms with Gasteiger partial charge in [0.1, 0.15) is 11.3 Å². The summed E-state index contributed by atoms with van der Waals surface area (Å²) in [5.74, 6) is 1.47. The van der Waals surface area contributed by atoms with Gasteiger partial charge in [0.05, 0.1) is 17.9 Å². The van der Waals surface area contributed by atoms with Gasteiger partial charge in [-0.2, -0.15) is 5.10 Å². The van der Waals surface area contributed by atoms with E-state index in [0.29, 0.717) is 28.0 Å². The Hall–Kier alpha value is -1.93. The molecule has 7 nitrogen and oxygen atoms in total. The Labute approximate surface area is 217 Å². The Morgan fingerprint density at radius 3 is 2.77 bits per heavy atom. The van der Waals surface area contributed by atoms with Gasteiger partial charge in [-0.15, -0.1) is 0 Å². The highest BCUT2D eigenvalue weighted by atomic mass is 35.5. The summed E-state index contributed by atoms with van der Waals surface area (Å²) < 4.78 is 1.94. The van der Waals surface area contributed by atoms with Crippen molar-refractivity contribution in [1.29, 1.82) is 0 Å². The van der Waals surface area contributed by atoms with E-state index < -0.39 is 0 Å². The summed E-state index contributed by atoms with van der Waals surface area (Å²) in [6.45, 7) is 10.4. The summed E-state index contributed by atoms with van der Waals surface area (Å²) in [4.78, 5) is 15.0. The number of fused-ring (bicyclic) bond motifs is 1. The molecule has 3 aromatic rings. The molecule has 4 heterocycles. The number of halogens is 2. The van der Waals surface area contributed by atoms with Gasteiger partial charge >= 0.3 is 0 Å². The van der Waals surface area contributed by atoms with Crippen LogP contribution in [0.1, 0.15) is 56.8 Å². The average Bonchev–Trinajstić information content (AvgIpc) is 3.43. The molecule has 2 saturated heterocycles. The number of piperidine rings is 1. The molecule has 0 saturated carbocycles. The monoisotopic (exact) mass is 515 g/mol. The minimum atomic E-state index is -0.0974. The highest BCUT2D eigenvalue weighted by Crippen LogP contribution is 2.33. The zero-order valence-electron chi connectivity index (χ0n) is 20.8. The smallest absolute Gasteiger partial charge is 0.179 e. The number of nitrogens with zero attached hydrogens (tertiary/aromatic N) is 6. The van der Waals surface area contributed by atoms with E-state index in [1.807, 2.05) is 29.9 Å². The lowest BCUT2D eigenvalue weighted by Gasteiger charge is -2.43. The third-order valence-corrected chi connectivity index (χ3v) is 8.43. The molecule has 1 aromatic carbocycles. The van der Waals surface area contributed by atoms with Gasteiger partial charge in [0.2, 0.25) is 0 Å². The van der Waals surface area contributed by atoms with Crippen molar-refractivity contribution >= 4 is 40.2 Å². The van der Waals surface area contributed by atoms with Gasteiger partial charge in [-0.1, -0.05) is 36.2 Å². The predicted octanol–water partition coefficient (Wildman–Crippen LogP) is 5.08. The molecular weight excluding hydrogens is 481 g/mol. The fraction of sp³-hybridized carbons (Fsp3) is 0.577. The Bertz CT molecular complexity index is 1200. The van der Waals surface area contributed by atoms with Crippen molar-refractivity contribution in [3.8, 4) is 0 Å². The van der Waals surface area contributed by atoms with Crippen LogP contribution in [-0.4, -0.2) is 62.9 Å². The summed E-state index contributed by atoms with van der Waals surface area (Å²) in [7, 11) is 0. The minimum Gasteiger partial charge on any atom is -0.355 e. The van der Waals surface area contributed by atoms with Crippen molar-refractivity contribution in [2.24, 2.45) is 11.7 Å². The number of likely N-dealkylation sites (tertiary alicyclic amines) is 1. The molecule has 0 amide bonds. The molecule has 5 rings (SSSR count). The number of hydrogen-bond acceptors (Lipinski definition) is 6. The Balaban J connectivity index is 1.39. The summed E-state index contributed by atoms with van der Waals surface area (Å²) in [6.07, 6.45) is 6.72. The van der Waals surface area contributed by atoms with Crippen LogP contribution in [0.25, 0.3) is 11.2 Å². The lowest BCUT2D eigenvalue weighted by Crippen LogP contribution is -2.52. The first kappa shape index (κ1) is 24.8. The average molecular weight is 517 g/mol. The molecule has 188 valence electrons. The summed E-state index contributed by atoms with van der Waals surface area (Å²) in [5.41, 5.74) is 9.33. The molecule has 2 N–H and O–H groups in total. The van der Waals surface area contributed by atoms with Gasteiger partial charge in [0.15, 0.2) is 5.65 Å². The maximum Gasteiger partial charge on any atom is 0.179 e. The van der Waals surface area contributed by atoms with Crippen LogP contribution in [-0.2, 0) is 0 Å². The van der Waals surface area contributed by atoms with Gasteiger partial charge in [-0.05, 0) is 76.2 Å². The number of anilines is 1. The van der Waals surface area contributed by atoms with Crippen LogP contribution < -0.4 is 10.6 Å². The minimum absolute atomic E-state index is 0.0974. The van der Waals surface area contributed by atoms with Gasteiger partial charge in [-0.25, -0.2) is 14.6 Å². The Morgan fingerprint density at radius 2 is 2.03 bits per heavy atom. The van der Waals surface area contributed by atoms with Crippen LogP contribution in [0.2, 0.25) is 10.0 Å². The normalized spacial score (nSPS) is 24.4. The van der Waals surface area contributed by atoms with Crippen molar-refractivity contribution in [3.05, 3.63) is 45.7 Å². The van der Waals surface area contributed by atoms with E-state index in [1.54, 1.807) is 6.07 Å². The second-order valence-electron chi connectivity index (χ2n) is 10.2. The lowest BCUT2D eigenvalue weighted by atomic mass is 9.91. The first-order valence-corrected chi connectivity index (χ1v) is 13.5. The topological polar surface area (TPSA) is 76.1 Å². The van der Waals surface area contributed by atoms with E-state index in [1.165, 1.54) is 19.4 Å². The molecular formula is C26H35Cl2N7. The summed E-state index contributed by atoms with van der Waals surface area (Å²) in [6, 6.07) is 6.75. The molecule has 9 heteroatoms. The molecule has 4 atom stereocenters. The number of benzene rings is 1. The second kappa shape index (κ2) is 10.2. The highest BCUT2D eigenvalue weighted by molar-refractivity contribution is 6.35. The van der Waals surface area contributed by atoms with Gasteiger partial charge in [0, 0.05) is 35.2 Å². The number of nitrogens with two attached hydrogens (primary N) is 1. The zero-order valence-corrected chi connectivity index (χ0v) is 22.3. The van der Waals surface area contributed by atoms with E-state index in [9.17, 15) is 0 Å². The van der Waals surface area contributed by atoms with Crippen molar-refractivity contribution in [1.82, 2.24) is 24.6 Å². The van der Waals surface area contributed by atoms with E-state index in [-0.39, 0.29) is 6.04 Å². The first-order valence-electron chi connectivity index (χ1n) is 12.7. The molecule has 35 heavy (non-hydrogen) atoms. The van der Waals surface area contributed by atoms with Crippen LogP contribution in [0, 0.1) is 12.8 Å². The van der Waals surface area contributed by atoms with Crippen molar-refractivity contribution < 1.29 is 0 Å². The van der Waals surface area contributed by atoms with Gasteiger partial charge in [0.25, 0.3) is 0 Å². The van der Waals surface area contributed by atoms with Crippen LogP contribution in [0.3, 0.4) is 0 Å². The standard InChI is InChI=1S/C26H35Cl2N7/c1-16-15-33(12-9-23(16)34-11-4-5-20(34)8-10-29)24-14-30-25-17(2)32-35(26(25)31-24)18(3)21-7-6-19(27)13-22(21)28/h6-7,13-14,16,18,20,23H,4-5,8-12,15,29H2,1-3H3/t16-,18-,20+,23+/m1/s1. The quantitative estimate of drug-likeness (QED) is 0.493. The van der Waals surface area contributed by atoms with E-state index >= 15 is 0 Å². The molecule has 0 radical (unpaired) electrons. The maximum atomic E-state index is 6.52. The molecule has 0 spiro atoms. The van der Waals surface area contributed by atoms with Crippen LogP contribution in [0.15, 0.2) is 24.4 Å². The lowest BCUT2D eigenvalue weighted by molar-refractivity contribution is 0.112. The third-order valence-electron chi connectivity index (χ3n) is 7.87. The highest BCUT2D eigenvalue weighted by Gasteiger charge is 2.36. The van der Waals surface area contributed by atoms with Crippen LogP contribution in [0.4, 0.5) is 5.82 Å². The number of hydrogen-bond donors (Lipinski definition) is 1. The zero-order chi connectivity index (χ0) is 24.7. The molecule has 0 unspecified atom stereocenters. The fourth-order valence-electron chi connectivity index (χ4n) is 6.07. The maximum absolute atomic E-state index is 6.52. The Kier molecular flexibility index (Phi) is 7.22. The number of aryl methyl sites for hydroxylation is 1. The summed E-state index contributed by atoms with van der Waals surface area (Å²) in [5, 5.41) is 6.03. The van der Waals surface area contributed by atoms with Crippen molar-refractivity contribution in [2.75, 3.05) is 31.1 Å². The summed E-state index contributed by atoms with van der Waals surface area (Å²) >= 11 is 12.6. The van der Waals surface area contributed by atoms with Gasteiger partial charge < -0.3 is 10.6 Å². The molecule has 2 fully saturated rings. The predicted molar refractivity (Wildman–Crippen MR) is 144 cm³/mol. The largest absolute Gasteiger partial charge is 0.355 e. The van der Waals surface area contributed by atoms with E-state index in [4.69, 9.17) is 44.0 Å². The third kappa shape index (κ3) is 4.76. The second-order valence-corrected chi connectivity index (χ2v) is 11.0. The Morgan fingerprint density at radius 1 is 1.20 bits per heavy atom. The molecule has 2 aliphatic heterocycles. The van der Waals surface area contributed by atoms with Crippen LogP contribution >= 0.6 is 23.2 Å². The fourth-order valence-corrected chi connectivity index (χ4v) is 6.63. The SMILES string of the molecule is Cc1nn([C@H](C)c2ccc(Cl)cc2Cl)c2nc(N3CC[C@H](N4CCC[C@H]4CCN)[C@H](C)C3)cnc12.